The second-order valence-electron chi connectivity index (χ2n) is 6.67. The molecule has 0 aromatic heterocycles. The lowest BCUT2D eigenvalue weighted by Gasteiger charge is -2.43. The highest BCUT2D eigenvalue weighted by molar-refractivity contribution is 7.67. The quantitative estimate of drug-likeness (QED) is 0.761. The van der Waals surface area contributed by atoms with Crippen LogP contribution >= 0.6 is 15.9 Å². The minimum Gasteiger partial charge on any atom is -0.260 e. The summed E-state index contributed by atoms with van der Waals surface area (Å²) in [6.07, 6.45) is 0. The van der Waals surface area contributed by atoms with E-state index >= 15 is 0 Å². The molecule has 8 heteroatoms. The van der Waals surface area contributed by atoms with Crippen molar-refractivity contribution in [3.8, 4) is 0 Å². The summed E-state index contributed by atoms with van der Waals surface area (Å²) in [6.45, 7) is 6.55. The van der Waals surface area contributed by atoms with Gasteiger partial charge in [-0.2, -0.15) is 0 Å². The van der Waals surface area contributed by atoms with Crippen molar-refractivity contribution in [2.75, 3.05) is 56.4 Å². The lowest BCUT2D eigenvalue weighted by atomic mass is 10.1. The largest absolute Gasteiger partial charge is 0.260 e. The van der Waals surface area contributed by atoms with Crippen LogP contribution in [0.3, 0.4) is 0 Å². The van der Waals surface area contributed by atoms with Gasteiger partial charge in [-0.1, -0.05) is 0 Å². The minimum atomic E-state index is -1.86. The zero-order valence-electron chi connectivity index (χ0n) is 15.1. The normalized spacial score (nSPS) is 15.6. The third-order valence-electron chi connectivity index (χ3n) is 2.63. The second-order valence-corrected chi connectivity index (χ2v) is 12.5. The highest BCUT2D eigenvalue weighted by Gasteiger charge is 2.31. The number of nitrogens with one attached hydrogen (secondary N) is 1. The molecule has 122 valence electrons. The molecule has 0 aliphatic carbocycles. The van der Waals surface area contributed by atoms with Gasteiger partial charge in [0, 0.05) is 5.54 Å². The molecular formula is C12H34N6P2. The molecule has 0 aliphatic heterocycles. The molecule has 0 saturated heterocycles. The maximum absolute atomic E-state index is 5.26. The fourth-order valence-electron chi connectivity index (χ4n) is 1.93. The molecule has 6 nitrogen and oxygen atoms in total. The van der Waals surface area contributed by atoms with Crippen LogP contribution in [0.25, 0.3) is 0 Å². The predicted molar refractivity (Wildman–Crippen MR) is 93.9 cm³/mol. The molecule has 0 radical (unpaired) electrons. The summed E-state index contributed by atoms with van der Waals surface area (Å²) in [5.41, 5.74) is 0.0417. The number of nitrogens with zero attached hydrogens (tertiary/aromatic N) is 5. The molecule has 0 heterocycles. The van der Waals surface area contributed by atoms with Crippen LogP contribution in [-0.2, 0) is 0 Å². The van der Waals surface area contributed by atoms with E-state index in [9.17, 15) is 0 Å². The molecule has 1 unspecified atom stereocenters. The van der Waals surface area contributed by atoms with E-state index in [4.69, 9.17) is 4.52 Å². The van der Waals surface area contributed by atoms with Gasteiger partial charge in [-0.25, -0.2) is 4.52 Å². The maximum Gasteiger partial charge on any atom is 0.172 e. The summed E-state index contributed by atoms with van der Waals surface area (Å²) in [7, 11) is 14.2. The van der Waals surface area contributed by atoms with Crippen LogP contribution < -0.4 is 5.09 Å². The Morgan fingerprint density at radius 3 is 1.35 bits per heavy atom. The first-order chi connectivity index (χ1) is 8.84. The molecule has 0 aromatic carbocycles. The Hall–Kier alpha value is 0.460. The van der Waals surface area contributed by atoms with Crippen molar-refractivity contribution >= 4 is 15.9 Å². The van der Waals surface area contributed by atoms with Gasteiger partial charge in [0.1, 0.15) is 0 Å². The molecule has 0 aliphatic rings. The van der Waals surface area contributed by atoms with E-state index in [1.807, 2.05) is 0 Å². The summed E-state index contributed by atoms with van der Waals surface area (Å²) < 4.78 is 14.2. The third-order valence-corrected chi connectivity index (χ3v) is 9.12. The SMILES string of the molecule is CN(C)P(N=P(N(C)C)(N(C)C)N(C)C)NC(C)(C)C. The molecule has 0 bridgehead atoms. The van der Waals surface area contributed by atoms with E-state index in [1.165, 1.54) is 0 Å². The Balaban J connectivity index is 5.84. The summed E-state index contributed by atoms with van der Waals surface area (Å²) in [4.78, 5) is 0. The molecule has 0 rings (SSSR count). The topological polar surface area (TPSA) is 37.4 Å². The highest BCUT2D eigenvalue weighted by atomic mass is 31.2. The summed E-state index contributed by atoms with van der Waals surface area (Å²) in [5.74, 6) is 0. The highest BCUT2D eigenvalue weighted by Crippen LogP contribution is 2.61. The Kier molecular flexibility index (Phi) is 7.82. The zero-order valence-corrected chi connectivity index (χ0v) is 16.9. The lowest BCUT2D eigenvalue weighted by molar-refractivity contribution is 0.472. The number of rotatable bonds is 6. The predicted octanol–water partition coefficient (Wildman–Crippen LogP) is 2.79. The van der Waals surface area contributed by atoms with Crippen LogP contribution in [0.15, 0.2) is 4.52 Å². The molecule has 0 fully saturated rings. The van der Waals surface area contributed by atoms with Crippen molar-refractivity contribution in [2.24, 2.45) is 4.52 Å². The first-order valence-electron chi connectivity index (χ1n) is 6.75. The van der Waals surface area contributed by atoms with E-state index < -0.39 is 15.9 Å². The molecule has 20 heavy (non-hydrogen) atoms. The summed E-state index contributed by atoms with van der Waals surface area (Å²) in [6, 6.07) is 0. The van der Waals surface area contributed by atoms with Crippen molar-refractivity contribution in [3.05, 3.63) is 0 Å². The first-order valence-corrected chi connectivity index (χ1v) is 9.60. The van der Waals surface area contributed by atoms with Crippen LogP contribution in [0, 0.1) is 0 Å². The van der Waals surface area contributed by atoms with E-state index in [0.29, 0.717) is 0 Å². The van der Waals surface area contributed by atoms with Gasteiger partial charge >= 0.3 is 0 Å². The maximum atomic E-state index is 5.26. The zero-order chi connectivity index (χ0) is 16.3. The van der Waals surface area contributed by atoms with Crippen LogP contribution in [-0.4, -0.2) is 80.6 Å². The molecule has 1 N–H and O–H groups in total. The van der Waals surface area contributed by atoms with Crippen molar-refractivity contribution in [1.29, 1.82) is 0 Å². The molecule has 0 spiro atoms. The van der Waals surface area contributed by atoms with E-state index in [-0.39, 0.29) is 5.54 Å². The third kappa shape index (κ3) is 5.34. The molecule has 0 saturated carbocycles. The fourth-order valence-corrected chi connectivity index (χ4v) is 8.52. The smallest absolute Gasteiger partial charge is 0.172 e. The van der Waals surface area contributed by atoms with E-state index in [1.54, 1.807) is 0 Å². The molecule has 0 amide bonds. The van der Waals surface area contributed by atoms with Gasteiger partial charge < -0.3 is 0 Å². The average Bonchev–Trinajstić information content (AvgIpc) is 2.20. The summed E-state index contributed by atoms with van der Waals surface area (Å²) >= 11 is 0. The average molecular weight is 324 g/mol. The van der Waals surface area contributed by atoms with Gasteiger partial charge in [-0.15, -0.1) is 0 Å². The van der Waals surface area contributed by atoms with Gasteiger partial charge in [0.2, 0.25) is 0 Å². The number of hydrogen-bond acceptors (Lipinski definition) is 3. The van der Waals surface area contributed by atoms with Crippen molar-refractivity contribution in [2.45, 2.75) is 26.3 Å². The minimum absolute atomic E-state index is 0.0417. The van der Waals surface area contributed by atoms with E-state index in [2.05, 4.69) is 101 Å². The first kappa shape index (κ1) is 20.5. The number of hydrogen-bond donors (Lipinski definition) is 1. The monoisotopic (exact) mass is 324 g/mol. The van der Waals surface area contributed by atoms with Crippen LogP contribution in [0.4, 0.5) is 0 Å². The van der Waals surface area contributed by atoms with Crippen molar-refractivity contribution in [1.82, 2.24) is 23.8 Å². The van der Waals surface area contributed by atoms with Gasteiger partial charge in [-0.05, 0) is 77.2 Å². The Morgan fingerprint density at radius 2 is 1.15 bits per heavy atom. The molecule has 0 aromatic rings. The lowest BCUT2D eigenvalue weighted by Crippen LogP contribution is -2.36. The summed E-state index contributed by atoms with van der Waals surface area (Å²) in [5, 5.41) is 3.65. The molecular weight excluding hydrogens is 290 g/mol. The second kappa shape index (κ2) is 7.64. The van der Waals surface area contributed by atoms with Crippen LogP contribution in [0.1, 0.15) is 20.8 Å². The van der Waals surface area contributed by atoms with Crippen molar-refractivity contribution < 1.29 is 0 Å². The van der Waals surface area contributed by atoms with Gasteiger partial charge in [0.25, 0.3) is 0 Å². The fraction of sp³-hybridized carbons (Fsp3) is 1.00. The van der Waals surface area contributed by atoms with Crippen LogP contribution in [0.2, 0.25) is 0 Å². The van der Waals surface area contributed by atoms with Gasteiger partial charge in [0.05, 0.1) is 0 Å². The van der Waals surface area contributed by atoms with Crippen LogP contribution in [0.5, 0.6) is 0 Å². The van der Waals surface area contributed by atoms with Gasteiger partial charge in [-0.3, -0.25) is 23.8 Å². The standard InChI is InChI=1S/C12H34N6P2/c1-12(2,3)13-19(15(4)5)14-20(16(6)7,17(8)9)18(10)11/h13H,1-11H3. The Morgan fingerprint density at radius 1 is 0.800 bits per heavy atom. The Labute approximate surface area is 127 Å². The van der Waals surface area contributed by atoms with E-state index in [0.717, 1.165) is 0 Å². The molecule has 1 atom stereocenters. The van der Waals surface area contributed by atoms with Crippen molar-refractivity contribution in [3.63, 3.8) is 0 Å². The Bertz CT molecular complexity index is 318. The van der Waals surface area contributed by atoms with Gasteiger partial charge in [0.15, 0.2) is 15.9 Å².